The number of carbonyl (C=O) groups is 2. The summed E-state index contributed by atoms with van der Waals surface area (Å²) in [6, 6.07) is 14.8. The van der Waals surface area contributed by atoms with E-state index < -0.39 is 10.0 Å². The van der Waals surface area contributed by atoms with Crippen molar-refractivity contribution in [1.29, 1.82) is 0 Å². The van der Waals surface area contributed by atoms with Gasteiger partial charge in [-0.2, -0.15) is 0 Å². The second-order valence-corrected chi connectivity index (χ2v) is 10.5. The summed E-state index contributed by atoms with van der Waals surface area (Å²) in [6.07, 6.45) is 1.55. The average molecular weight is 527 g/mol. The van der Waals surface area contributed by atoms with Gasteiger partial charge in [-0.25, -0.2) is 8.42 Å². The molecule has 2 heterocycles. The van der Waals surface area contributed by atoms with Crippen LogP contribution in [0.2, 0.25) is 0 Å². The van der Waals surface area contributed by atoms with Crippen molar-refractivity contribution < 1.29 is 18.0 Å². The molecule has 2 amide bonds. The topological polar surface area (TPSA) is 138 Å². The average Bonchev–Trinajstić information content (AvgIpc) is 2.91. The third-order valence-corrected chi connectivity index (χ3v) is 7.69. The summed E-state index contributed by atoms with van der Waals surface area (Å²) in [4.78, 5) is 32.9. The Labute approximate surface area is 213 Å². The van der Waals surface area contributed by atoms with Gasteiger partial charge in [0.25, 0.3) is 21.8 Å². The Morgan fingerprint density at radius 3 is 2.36 bits per heavy atom. The number of para-hydroxylation sites is 1. The van der Waals surface area contributed by atoms with Gasteiger partial charge in [-0.15, -0.1) is 0 Å². The molecule has 0 unspecified atom stereocenters. The number of aromatic nitrogens is 1. The molecule has 1 aliphatic rings. The van der Waals surface area contributed by atoms with Crippen molar-refractivity contribution in [3.63, 3.8) is 0 Å². The molecule has 1 saturated heterocycles. The molecule has 0 spiro atoms. The Balaban J connectivity index is 1.39. The lowest BCUT2D eigenvalue weighted by molar-refractivity contribution is -0.128. The zero-order valence-corrected chi connectivity index (χ0v) is 21.2. The van der Waals surface area contributed by atoms with Crippen molar-refractivity contribution in [1.82, 2.24) is 19.5 Å². The number of rotatable bonds is 7. The van der Waals surface area contributed by atoms with Crippen LogP contribution in [-0.2, 0) is 14.8 Å². The number of amides is 2. The molecule has 0 bridgehead atoms. The van der Waals surface area contributed by atoms with Crippen LogP contribution in [0.5, 0.6) is 0 Å². The molecule has 0 radical (unpaired) electrons. The van der Waals surface area contributed by atoms with Crippen molar-refractivity contribution in [2.45, 2.75) is 4.90 Å². The molecule has 4 rings (SSSR count). The summed E-state index contributed by atoms with van der Waals surface area (Å²) in [5, 5.41) is 2.27. The summed E-state index contributed by atoms with van der Waals surface area (Å²) in [7, 11) is -2.16. The predicted octanol–water partition coefficient (Wildman–Crippen LogP) is 1.99. The molecular weight excluding hydrogens is 500 g/mol. The van der Waals surface area contributed by atoms with E-state index in [1.165, 1.54) is 18.0 Å². The van der Waals surface area contributed by atoms with E-state index >= 15 is 0 Å². The first kappa shape index (κ1) is 25.5. The predicted molar refractivity (Wildman–Crippen MR) is 140 cm³/mol. The number of nitrogens with two attached hydrogens (primary N) is 1. The molecule has 0 saturated carbocycles. The highest BCUT2D eigenvalue weighted by atomic mass is 32.2. The number of nitrogens with zero attached hydrogens (tertiary/aromatic N) is 3. The van der Waals surface area contributed by atoms with Crippen molar-refractivity contribution in [2.75, 3.05) is 37.9 Å². The fourth-order valence-electron chi connectivity index (χ4n) is 3.83. The maximum Gasteiger partial charge on any atom is 0.270 e. The molecule has 1 aliphatic heterocycles. The fourth-order valence-corrected chi connectivity index (χ4v) is 5.42. The molecule has 3 aromatic rings. The number of anilines is 1. The molecule has 0 atom stereocenters. The van der Waals surface area contributed by atoms with Gasteiger partial charge >= 0.3 is 0 Å². The maximum atomic E-state index is 13.0. The molecule has 4 N–H and O–H groups in total. The van der Waals surface area contributed by atoms with Crippen LogP contribution in [0.1, 0.15) is 10.4 Å². The zero-order chi connectivity index (χ0) is 25.7. The van der Waals surface area contributed by atoms with Crippen molar-refractivity contribution in [2.24, 2.45) is 5.73 Å². The van der Waals surface area contributed by atoms with E-state index in [2.05, 4.69) is 14.4 Å². The number of nitrogens with one attached hydrogen (secondary N) is 2. The van der Waals surface area contributed by atoms with Gasteiger partial charge in [-0.1, -0.05) is 30.1 Å². The van der Waals surface area contributed by atoms with E-state index in [-0.39, 0.29) is 22.4 Å². The van der Waals surface area contributed by atoms with Crippen LogP contribution in [0.3, 0.4) is 0 Å². The summed E-state index contributed by atoms with van der Waals surface area (Å²) in [5.74, 6) is -0.452. The molecule has 0 aliphatic carbocycles. The first-order chi connectivity index (χ1) is 17.3. The molecule has 188 valence electrons. The van der Waals surface area contributed by atoms with Gasteiger partial charge in [-0.05, 0) is 43.4 Å². The molecule has 12 heteroatoms. The number of hydrogen-bond acceptors (Lipinski definition) is 8. The molecule has 1 fully saturated rings. The minimum atomic E-state index is -3.89. The highest BCUT2D eigenvalue weighted by Gasteiger charge is 2.26. The number of piperazine rings is 1. The van der Waals surface area contributed by atoms with Crippen LogP contribution in [0.15, 0.2) is 76.8 Å². The quantitative estimate of drug-likeness (QED) is 0.314. The van der Waals surface area contributed by atoms with Crippen LogP contribution >= 0.6 is 11.9 Å². The lowest BCUT2D eigenvalue weighted by atomic mass is 10.1. The summed E-state index contributed by atoms with van der Waals surface area (Å²) in [5.41, 5.74) is 7.10. The van der Waals surface area contributed by atoms with E-state index in [0.29, 0.717) is 42.9 Å². The van der Waals surface area contributed by atoms with E-state index in [1.54, 1.807) is 77.0 Å². The third kappa shape index (κ3) is 5.61. The largest absolute Gasteiger partial charge is 0.394 e. The molecule has 2 aromatic carbocycles. The van der Waals surface area contributed by atoms with Crippen LogP contribution in [0.25, 0.3) is 10.9 Å². The number of hydrogen-bond donors (Lipinski definition) is 3. The molecule has 10 nitrogen and oxygen atoms in total. The van der Waals surface area contributed by atoms with E-state index in [1.807, 2.05) is 0 Å². The molecule has 1 aromatic heterocycles. The van der Waals surface area contributed by atoms with Crippen molar-refractivity contribution in [3.8, 4) is 0 Å². The third-order valence-electron chi connectivity index (χ3n) is 5.67. The van der Waals surface area contributed by atoms with Gasteiger partial charge < -0.3 is 15.5 Å². The summed E-state index contributed by atoms with van der Waals surface area (Å²) >= 11 is 1.22. The number of carbonyl (C=O) groups excluding carboxylic acids is 2. The SMILES string of the molecule is CNS/C=C(\N)C(=O)N1CCN(C(=O)c2ccc(NS(=O)(=O)c3cccc4cccnc34)cc2)CC1. The first-order valence-corrected chi connectivity index (χ1v) is 13.5. The Morgan fingerprint density at radius 1 is 1.00 bits per heavy atom. The number of benzene rings is 2. The lowest BCUT2D eigenvalue weighted by Gasteiger charge is -2.34. The van der Waals surface area contributed by atoms with Crippen LogP contribution in [-0.4, -0.2) is 68.2 Å². The van der Waals surface area contributed by atoms with Crippen molar-refractivity contribution in [3.05, 3.63) is 77.5 Å². The zero-order valence-electron chi connectivity index (χ0n) is 19.5. The molecular formula is C24H26N6O4S2. The monoisotopic (exact) mass is 526 g/mol. The van der Waals surface area contributed by atoms with Crippen LogP contribution in [0, 0.1) is 0 Å². The van der Waals surface area contributed by atoms with Gasteiger partial charge in [0, 0.05) is 54.4 Å². The lowest BCUT2D eigenvalue weighted by Crippen LogP contribution is -2.51. The standard InChI is InChI=1S/C24H26N6O4S2/c1-26-35-16-20(25)24(32)30-14-12-29(13-15-30)23(31)18-7-9-19(10-8-18)28-36(33,34)21-6-2-4-17-5-3-11-27-22(17)21/h2-11,16,26,28H,12-15,25H2,1H3/b20-16-. The highest BCUT2D eigenvalue weighted by molar-refractivity contribution is 8.00. The Morgan fingerprint density at radius 2 is 1.67 bits per heavy atom. The minimum Gasteiger partial charge on any atom is -0.394 e. The van der Waals surface area contributed by atoms with Gasteiger partial charge in [0.1, 0.15) is 10.6 Å². The minimum absolute atomic E-state index is 0.0770. The smallest absolute Gasteiger partial charge is 0.270 e. The normalized spacial score (nSPS) is 14.6. The van der Waals surface area contributed by atoms with Gasteiger partial charge in [0.15, 0.2) is 0 Å². The Hall–Kier alpha value is -3.61. The second kappa shape index (κ2) is 11.0. The van der Waals surface area contributed by atoms with Gasteiger partial charge in [0.2, 0.25) is 0 Å². The van der Waals surface area contributed by atoms with Crippen molar-refractivity contribution >= 4 is 50.4 Å². The number of fused-ring (bicyclic) bond motifs is 1. The van der Waals surface area contributed by atoms with Gasteiger partial charge in [0.05, 0.1) is 5.52 Å². The van der Waals surface area contributed by atoms with E-state index in [9.17, 15) is 18.0 Å². The van der Waals surface area contributed by atoms with Crippen LogP contribution < -0.4 is 15.2 Å². The number of sulfonamides is 1. The van der Waals surface area contributed by atoms with E-state index in [0.717, 1.165) is 5.39 Å². The first-order valence-electron chi connectivity index (χ1n) is 11.1. The Kier molecular flexibility index (Phi) is 7.77. The molecule has 36 heavy (non-hydrogen) atoms. The second-order valence-electron chi connectivity index (χ2n) is 7.99. The fraction of sp³-hybridized carbons (Fsp3) is 0.208. The highest BCUT2D eigenvalue weighted by Crippen LogP contribution is 2.23. The summed E-state index contributed by atoms with van der Waals surface area (Å²) < 4.78 is 31.4. The van der Waals surface area contributed by atoms with E-state index in [4.69, 9.17) is 5.73 Å². The number of pyridine rings is 1. The van der Waals surface area contributed by atoms with Crippen LogP contribution in [0.4, 0.5) is 5.69 Å². The summed E-state index contributed by atoms with van der Waals surface area (Å²) in [6.45, 7) is 1.50. The maximum absolute atomic E-state index is 13.0. The van der Waals surface area contributed by atoms with Gasteiger partial charge in [-0.3, -0.25) is 24.0 Å². The Bertz CT molecular complexity index is 1400.